The Morgan fingerprint density at radius 3 is 2.44 bits per heavy atom. The molecule has 6 heteroatoms. The van der Waals surface area contributed by atoms with Gasteiger partial charge in [-0.1, -0.05) is 36.4 Å². The van der Waals surface area contributed by atoms with Crippen LogP contribution >= 0.6 is 0 Å². The average molecular weight is 369 g/mol. The Labute approximate surface area is 158 Å². The summed E-state index contributed by atoms with van der Waals surface area (Å²) in [5, 5.41) is 8.87. The van der Waals surface area contributed by atoms with Gasteiger partial charge in [-0.3, -0.25) is 9.59 Å². The van der Waals surface area contributed by atoms with Crippen molar-refractivity contribution in [3.63, 3.8) is 0 Å². The Morgan fingerprint density at radius 2 is 1.70 bits per heavy atom. The summed E-state index contributed by atoms with van der Waals surface area (Å²) >= 11 is 0. The van der Waals surface area contributed by atoms with Gasteiger partial charge < -0.3 is 19.5 Å². The summed E-state index contributed by atoms with van der Waals surface area (Å²) in [7, 11) is 0. The van der Waals surface area contributed by atoms with Crippen LogP contribution in [0.4, 0.5) is 0 Å². The van der Waals surface area contributed by atoms with Gasteiger partial charge in [0.1, 0.15) is 13.2 Å². The lowest BCUT2D eigenvalue weighted by Crippen LogP contribution is -2.33. The van der Waals surface area contributed by atoms with Crippen LogP contribution in [0.1, 0.15) is 24.0 Å². The zero-order chi connectivity index (χ0) is 19.1. The van der Waals surface area contributed by atoms with Crippen molar-refractivity contribution in [1.29, 1.82) is 0 Å². The molecular weight excluding hydrogens is 346 g/mol. The Kier molecular flexibility index (Phi) is 6.30. The molecule has 6 nitrogen and oxygen atoms in total. The van der Waals surface area contributed by atoms with Crippen molar-refractivity contribution in [1.82, 2.24) is 4.90 Å². The van der Waals surface area contributed by atoms with E-state index >= 15 is 0 Å². The second-order valence-electron chi connectivity index (χ2n) is 6.45. The molecule has 0 bridgehead atoms. The summed E-state index contributed by atoms with van der Waals surface area (Å²) in [5.41, 5.74) is 1.86. The number of benzene rings is 2. The van der Waals surface area contributed by atoms with Crippen molar-refractivity contribution in [3.05, 3.63) is 59.7 Å². The molecule has 1 amide bonds. The van der Waals surface area contributed by atoms with Gasteiger partial charge in [0.2, 0.25) is 5.91 Å². The SMILES string of the molecule is O=C(O)CCCN(Cc1ccccc1)C(=O)Cc1ccc2c(c1)OCCO2. The molecule has 0 atom stereocenters. The van der Waals surface area contributed by atoms with Crippen LogP contribution in [0.2, 0.25) is 0 Å². The van der Waals surface area contributed by atoms with Crippen molar-refractivity contribution in [2.24, 2.45) is 0 Å². The first-order valence-electron chi connectivity index (χ1n) is 9.04. The molecule has 27 heavy (non-hydrogen) atoms. The number of carboxylic acids is 1. The van der Waals surface area contributed by atoms with Gasteiger partial charge in [0, 0.05) is 19.5 Å². The van der Waals surface area contributed by atoms with E-state index in [9.17, 15) is 9.59 Å². The summed E-state index contributed by atoms with van der Waals surface area (Å²) in [6.45, 7) is 1.90. The lowest BCUT2D eigenvalue weighted by atomic mass is 10.1. The van der Waals surface area contributed by atoms with Gasteiger partial charge in [-0.15, -0.1) is 0 Å². The van der Waals surface area contributed by atoms with E-state index in [1.165, 1.54) is 0 Å². The third kappa shape index (κ3) is 5.48. The third-order valence-corrected chi connectivity index (χ3v) is 4.35. The van der Waals surface area contributed by atoms with E-state index in [0.29, 0.717) is 44.2 Å². The second-order valence-corrected chi connectivity index (χ2v) is 6.45. The van der Waals surface area contributed by atoms with E-state index in [4.69, 9.17) is 14.6 Å². The minimum absolute atomic E-state index is 0.0408. The molecule has 1 aliphatic heterocycles. The smallest absolute Gasteiger partial charge is 0.303 e. The Hall–Kier alpha value is -3.02. The van der Waals surface area contributed by atoms with Crippen LogP contribution in [0.5, 0.6) is 11.5 Å². The van der Waals surface area contributed by atoms with Crippen LogP contribution in [0.15, 0.2) is 48.5 Å². The molecule has 1 aliphatic rings. The highest BCUT2D eigenvalue weighted by Crippen LogP contribution is 2.31. The zero-order valence-corrected chi connectivity index (χ0v) is 15.1. The maximum absolute atomic E-state index is 12.9. The number of hydrogen-bond acceptors (Lipinski definition) is 4. The fraction of sp³-hybridized carbons (Fsp3) is 0.333. The van der Waals surface area contributed by atoms with Crippen molar-refractivity contribution in [2.75, 3.05) is 19.8 Å². The maximum Gasteiger partial charge on any atom is 0.303 e. The number of carbonyl (C=O) groups excluding carboxylic acids is 1. The van der Waals surface area contributed by atoms with Crippen molar-refractivity contribution in [2.45, 2.75) is 25.8 Å². The average Bonchev–Trinajstić information content (AvgIpc) is 2.67. The molecule has 0 fully saturated rings. The summed E-state index contributed by atoms with van der Waals surface area (Å²) in [6.07, 6.45) is 0.703. The van der Waals surface area contributed by atoms with Crippen LogP contribution in [-0.4, -0.2) is 41.6 Å². The van der Waals surface area contributed by atoms with Gasteiger partial charge in [-0.25, -0.2) is 0 Å². The van der Waals surface area contributed by atoms with Gasteiger partial charge in [0.05, 0.1) is 6.42 Å². The van der Waals surface area contributed by atoms with Gasteiger partial charge >= 0.3 is 5.97 Å². The van der Waals surface area contributed by atoms with Crippen LogP contribution in [0.25, 0.3) is 0 Å². The highest BCUT2D eigenvalue weighted by atomic mass is 16.6. The number of fused-ring (bicyclic) bond motifs is 1. The third-order valence-electron chi connectivity index (χ3n) is 4.35. The van der Waals surface area contributed by atoms with E-state index in [1.54, 1.807) is 4.90 Å². The largest absolute Gasteiger partial charge is 0.486 e. The molecule has 0 unspecified atom stereocenters. The molecule has 1 N–H and O–H groups in total. The van der Waals surface area contributed by atoms with E-state index in [1.807, 2.05) is 48.5 Å². The Morgan fingerprint density at radius 1 is 0.963 bits per heavy atom. The minimum Gasteiger partial charge on any atom is -0.486 e. The first-order chi connectivity index (χ1) is 13.1. The molecule has 0 spiro atoms. The van der Waals surface area contributed by atoms with Crippen LogP contribution in [0.3, 0.4) is 0 Å². The highest BCUT2D eigenvalue weighted by Gasteiger charge is 2.17. The molecule has 0 aliphatic carbocycles. The van der Waals surface area contributed by atoms with Crippen molar-refractivity contribution < 1.29 is 24.2 Å². The van der Waals surface area contributed by atoms with Gasteiger partial charge in [0.15, 0.2) is 11.5 Å². The highest BCUT2D eigenvalue weighted by molar-refractivity contribution is 5.79. The fourth-order valence-electron chi connectivity index (χ4n) is 3.00. The fourth-order valence-corrected chi connectivity index (χ4v) is 3.00. The number of amides is 1. The summed E-state index contributed by atoms with van der Waals surface area (Å²) in [5.74, 6) is 0.460. The van der Waals surface area contributed by atoms with Crippen LogP contribution in [-0.2, 0) is 22.6 Å². The number of carbonyl (C=O) groups is 2. The van der Waals surface area contributed by atoms with Gasteiger partial charge in [0.25, 0.3) is 0 Å². The van der Waals surface area contributed by atoms with Crippen LogP contribution < -0.4 is 9.47 Å². The molecule has 2 aromatic rings. The number of rotatable bonds is 8. The standard InChI is InChI=1S/C21H23NO5/c23-20(14-17-8-9-18-19(13-17)27-12-11-26-18)22(10-4-7-21(24)25)15-16-5-2-1-3-6-16/h1-3,5-6,8-9,13H,4,7,10-12,14-15H2,(H,24,25). The maximum atomic E-state index is 12.9. The lowest BCUT2D eigenvalue weighted by Gasteiger charge is -2.23. The zero-order valence-electron chi connectivity index (χ0n) is 15.1. The molecule has 0 saturated carbocycles. The monoisotopic (exact) mass is 369 g/mol. The topological polar surface area (TPSA) is 76.1 Å². The molecule has 0 radical (unpaired) electrons. The number of ether oxygens (including phenoxy) is 2. The lowest BCUT2D eigenvalue weighted by molar-refractivity contribution is -0.138. The van der Waals surface area contributed by atoms with Crippen molar-refractivity contribution >= 4 is 11.9 Å². The number of aliphatic carboxylic acids is 1. The normalized spacial score (nSPS) is 12.4. The number of hydrogen-bond donors (Lipinski definition) is 1. The summed E-state index contributed by atoms with van der Waals surface area (Å²) in [4.78, 5) is 25.4. The quantitative estimate of drug-likeness (QED) is 0.774. The number of nitrogens with zero attached hydrogens (tertiary/aromatic N) is 1. The molecule has 2 aromatic carbocycles. The number of carboxylic acid groups (broad SMARTS) is 1. The van der Waals surface area contributed by atoms with E-state index in [0.717, 1.165) is 11.1 Å². The molecule has 3 rings (SSSR count). The van der Waals surface area contributed by atoms with E-state index < -0.39 is 5.97 Å². The Bertz CT molecular complexity index is 790. The Balaban J connectivity index is 1.68. The first-order valence-corrected chi connectivity index (χ1v) is 9.04. The second kappa shape index (κ2) is 9.07. The van der Waals surface area contributed by atoms with E-state index in [2.05, 4.69) is 0 Å². The molecular formula is C21H23NO5. The molecule has 142 valence electrons. The first kappa shape index (κ1) is 18.8. The van der Waals surface area contributed by atoms with Gasteiger partial charge in [-0.2, -0.15) is 0 Å². The molecule has 0 saturated heterocycles. The van der Waals surface area contributed by atoms with E-state index in [-0.39, 0.29) is 18.7 Å². The molecule has 0 aromatic heterocycles. The minimum atomic E-state index is -0.853. The van der Waals surface area contributed by atoms with Gasteiger partial charge in [-0.05, 0) is 29.7 Å². The summed E-state index contributed by atoms with van der Waals surface area (Å²) < 4.78 is 11.1. The summed E-state index contributed by atoms with van der Waals surface area (Å²) in [6, 6.07) is 15.2. The van der Waals surface area contributed by atoms with Crippen LogP contribution in [0, 0.1) is 0 Å². The van der Waals surface area contributed by atoms with Crippen molar-refractivity contribution in [3.8, 4) is 11.5 Å². The molecule has 1 heterocycles. The predicted octanol–water partition coefficient (Wildman–Crippen LogP) is 2.89. The predicted molar refractivity (Wildman–Crippen MR) is 99.9 cm³/mol.